The van der Waals surface area contributed by atoms with E-state index in [0.717, 1.165) is 5.56 Å². The lowest BCUT2D eigenvalue weighted by Crippen LogP contribution is -2.36. The van der Waals surface area contributed by atoms with Crippen LogP contribution in [0.25, 0.3) is 0 Å². The Morgan fingerprint density at radius 3 is 2.76 bits per heavy atom. The number of nitrogens with zero attached hydrogens (tertiary/aromatic N) is 1. The van der Waals surface area contributed by atoms with Crippen LogP contribution in [-0.2, 0) is 16.1 Å². The number of rotatable bonds is 5. The first-order valence-electron chi connectivity index (χ1n) is 6.48. The normalized spacial score (nSPS) is 14.0. The Bertz CT molecular complexity index is 584. The molecule has 0 aliphatic carbocycles. The second-order valence-corrected chi connectivity index (χ2v) is 4.45. The highest BCUT2D eigenvalue weighted by Crippen LogP contribution is 2.24. The maximum atomic E-state index is 11.9. The number of hydrogen-bond donors (Lipinski definition) is 2. The summed E-state index contributed by atoms with van der Waals surface area (Å²) in [5.41, 5.74) is 3.44. The SMILES string of the molecule is COc1ccc(CNC(=O)C2=NNC(=O)CC2)c(OC)c1. The second-order valence-electron chi connectivity index (χ2n) is 4.45. The summed E-state index contributed by atoms with van der Waals surface area (Å²) in [5, 5.41) is 6.50. The zero-order chi connectivity index (χ0) is 15.2. The third-order valence-electron chi connectivity index (χ3n) is 3.10. The van der Waals surface area contributed by atoms with Crippen LogP contribution in [0.5, 0.6) is 11.5 Å². The van der Waals surface area contributed by atoms with Gasteiger partial charge in [-0.15, -0.1) is 0 Å². The monoisotopic (exact) mass is 291 g/mol. The van der Waals surface area contributed by atoms with E-state index in [4.69, 9.17) is 9.47 Å². The lowest BCUT2D eigenvalue weighted by atomic mass is 10.1. The number of hydrazone groups is 1. The van der Waals surface area contributed by atoms with E-state index in [9.17, 15) is 9.59 Å². The van der Waals surface area contributed by atoms with Crippen LogP contribution in [0.3, 0.4) is 0 Å². The highest BCUT2D eigenvalue weighted by atomic mass is 16.5. The van der Waals surface area contributed by atoms with Crippen LogP contribution >= 0.6 is 0 Å². The molecule has 0 atom stereocenters. The molecule has 112 valence electrons. The van der Waals surface area contributed by atoms with Gasteiger partial charge in [-0.3, -0.25) is 9.59 Å². The molecule has 21 heavy (non-hydrogen) atoms. The lowest BCUT2D eigenvalue weighted by molar-refractivity contribution is -0.121. The molecule has 0 radical (unpaired) electrons. The van der Waals surface area contributed by atoms with Gasteiger partial charge in [0, 0.05) is 31.0 Å². The fraction of sp³-hybridized carbons (Fsp3) is 0.357. The van der Waals surface area contributed by atoms with E-state index >= 15 is 0 Å². The predicted molar refractivity (Wildman–Crippen MR) is 76.2 cm³/mol. The molecule has 1 aliphatic rings. The molecule has 0 saturated carbocycles. The average Bonchev–Trinajstić information content (AvgIpc) is 2.53. The molecule has 2 N–H and O–H groups in total. The number of carbonyl (C=O) groups is 2. The van der Waals surface area contributed by atoms with E-state index in [1.54, 1.807) is 26.4 Å². The molecule has 7 heteroatoms. The molecule has 0 unspecified atom stereocenters. The second kappa shape index (κ2) is 6.74. The molecule has 1 aromatic rings. The topological polar surface area (TPSA) is 89.0 Å². The van der Waals surface area contributed by atoms with Crippen LogP contribution in [0.4, 0.5) is 0 Å². The fourth-order valence-corrected chi connectivity index (χ4v) is 1.91. The fourth-order valence-electron chi connectivity index (χ4n) is 1.91. The van der Waals surface area contributed by atoms with Crippen molar-refractivity contribution in [3.63, 3.8) is 0 Å². The number of hydrogen-bond acceptors (Lipinski definition) is 5. The average molecular weight is 291 g/mol. The van der Waals surface area contributed by atoms with Crippen LogP contribution < -0.4 is 20.2 Å². The molecule has 2 amide bonds. The van der Waals surface area contributed by atoms with Gasteiger partial charge in [0.2, 0.25) is 5.91 Å². The smallest absolute Gasteiger partial charge is 0.267 e. The van der Waals surface area contributed by atoms with E-state index in [0.29, 0.717) is 30.2 Å². The zero-order valence-corrected chi connectivity index (χ0v) is 11.9. The summed E-state index contributed by atoms with van der Waals surface area (Å²) in [6, 6.07) is 5.37. The minimum Gasteiger partial charge on any atom is -0.497 e. The molecule has 0 bridgehead atoms. The molecule has 2 rings (SSSR count). The van der Waals surface area contributed by atoms with E-state index in [1.807, 2.05) is 6.07 Å². The minimum atomic E-state index is -0.298. The van der Waals surface area contributed by atoms with Crippen LogP contribution in [0.2, 0.25) is 0 Å². The summed E-state index contributed by atoms with van der Waals surface area (Å²) in [4.78, 5) is 22.9. The molecule has 1 heterocycles. The Kier molecular flexibility index (Phi) is 4.76. The number of carbonyl (C=O) groups excluding carboxylic acids is 2. The van der Waals surface area contributed by atoms with Crippen molar-refractivity contribution >= 4 is 17.5 Å². The molecule has 0 fully saturated rings. The maximum Gasteiger partial charge on any atom is 0.267 e. The van der Waals surface area contributed by atoms with Gasteiger partial charge in [0.25, 0.3) is 5.91 Å². The number of nitrogens with one attached hydrogen (secondary N) is 2. The summed E-state index contributed by atoms with van der Waals surface area (Å²) in [5.74, 6) is 0.839. The van der Waals surface area contributed by atoms with Crippen molar-refractivity contribution < 1.29 is 19.1 Å². The van der Waals surface area contributed by atoms with Gasteiger partial charge in [0.1, 0.15) is 17.2 Å². The van der Waals surface area contributed by atoms with Gasteiger partial charge in [0.15, 0.2) is 0 Å². The standard InChI is InChI=1S/C14H17N3O4/c1-20-10-4-3-9(12(7-10)21-2)8-15-14(19)11-5-6-13(18)17-16-11/h3-4,7H,5-6,8H2,1-2H3,(H,15,19)(H,17,18). The molecule has 0 aromatic heterocycles. The molecular weight excluding hydrogens is 274 g/mol. The minimum absolute atomic E-state index is 0.177. The summed E-state index contributed by atoms with van der Waals surface area (Å²) in [7, 11) is 3.13. The van der Waals surface area contributed by atoms with Gasteiger partial charge in [-0.25, -0.2) is 5.43 Å². The first-order valence-corrected chi connectivity index (χ1v) is 6.48. The van der Waals surface area contributed by atoms with Crippen molar-refractivity contribution in [2.45, 2.75) is 19.4 Å². The van der Waals surface area contributed by atoms with Crippen LogP contribution in [0, 0.1) is 0 Å². The van der Waals surface area contributed by atoms with Crippen LogP contribution in [0.1, 0.15) is 18.4 Å². The first-order chi connectivity index (χ1) is 10.1. The molecule has 7 nitrogen and oxygen atoms in total. The van der Waals surface area contributed by atoms with Crippen molar-refractivity contribution in [3.8, 4) is 11.5 Å². The van der Waals surface area contributed by atoms with E-state index < -0.39 is 0 Å². The Morgan fingerprint density at radius 1 is 1.33 bits per heavy atom. The molecular formula is C14H17N3O4. The van der Waals surface area contributed by atoms with Crippen LogP contribution in [0.15, 0.2) is 23.3 Å². The van der Waals surface area contributed by atoms with Crippen molar-refractivity contribution in [2.75, 3.05) is 14.2 Å². The summed E-state index contributed by atoms with van der Waals surface area (Å²) in [6.07, 6.45) is 0.621. The van der Waals surface area contributed by atoms with E-state index in [2.05, 4.69) is 15.8 Å². The van der Waals surface area contributed by atoms with Gasteiger partial charge in [-0.05, 0) is 12.1 Å². The van der Waals surface area contributed by atoms with Crippen molar-refractivity contribution in [2.24, 2.45) is 5.10 Å². The third-order valence-corrected chi connectivity index (χ3v) is 3.10. The van der Waals surface area contributed by atoms with E-state index in [-0.39, 0.29) is 18.2 Å². The summed E-state index contributed by atoms with van der Waals surface area (Å²) < 4.78 is 10.4. The molecule has 1 aliphatic heterocycles. The summed E-state index contributed by atoms with van der Waals surface area (Å²) >= 11 is 0. The molecule has 1 aromatic carbocycles. The zero-order valence-electron chi connectivity index (χ0n) is 11.9. The van der Waals surface area contributed by atoms with Gasteiger partial charge in [-0.1, -0.05) is 0 Å². The quantitative estimate of drug-likeness (QED) is 0.830. The molecule has 0 saturated heterocycles. The van der Waals surface area contributed by atoms with Gasteiger partial charge in [-0.2, -0.15) is 5.10 Å². The predicted octanol–water partition coefficient (Wildman–Crippen LogP) is 0.586. The van der Waals surface area contributed by atoms with E-state index in [1.165, 1.54) is 0 Å². The van der Waals surface area contributed by atoms with Crippen molar-refractivity contribution in [1.82, 2.24) is 10.7 Å². The summed E-state index contributed by atoms with van der Waals surface area (Å²) in [6.45, 7) is 0.305. The Morgan fingerprint density at radius 2 is 2.14 bits per heavy atom. The van der Waals surface area contributed by atoms with Gasteiger partial charge in [0.05, 0.1) is 14.2 Å². The third kappa shape index (κ3) is 3.71. The highest BCUT2D eigenvalue weighted by Gasteiger charge is 2.18. The van der Waals surface area contributed by atoms with Gasteiger partial charge < -0.3 is 14.8 Å². The largest absolute Gasteiger partial charge is 0.497 e. The first kappa shape index (κ1) is 14.8. The number of amides is 2. The number of ether oxygens (including phenoxy) is 2. The maximum absolute atomic E-state index is 11.9. The van der Waals surface area contributed by atoms with Crippen LogP contribution in [-0.4, -0.2) is 31.7 Å². The number of methoxy groups -OCH3 is 2. The van der Waals surface area contributed by atoms with Gasteiger partial charge >= 0.3 is 0 Å². The van der Waals surface area contributed by atoms with Crippen molar-refractivity contribution in [3.05, 3.63) is 23.8 Å². The van der Waals surface area contributed by atoms with Crippen molar-refractivity contribution in [1.29, 1.82) is 0 Å². The molecule has 0 spiro atoms. The Hall–Kier alpha value is -2.57. The highest BCUT2D eigenvalue weighted by molar-refractivity contribution is 6.39. The Labute approximate surface area is 122 Å². The lowest BCUT2D eigenvalue weighted by Gasteiger charge is -2.13. The Balaban J connectivity index is 1.99. The number of benzene rings is 1.